The highest BCUT2D eigenvalue weighted by Crippen LogP contribution is 2.08. The lowest BCUT2D eigenvalue weighted by Gasteiger charge is -1.83. The first kappa shape index (κ1) is 4.85. The molecule has 0 aromatic rings. The third-order valence-corrected chi connectivity index (χ3v) is 1.26. The third-order valence-electron chi connectivity index (χ3n) is 1.26. The topological polar surface area (TPSA) is 9.23 Å². The van der Waals surface area contributed by atoms with Crippen LogP contribution in [0.1, 0.15) is 13.3 Å². The minimum absolute atomic E-state index is 0.872. The van der Waals surface area contributed by atoms with Crippen LogP contribution in [0.3, 0.4) is 0 Å². The predicted octanol–water partition coefficient (Wildman–Crippen LogP) is 1.35. The summed E-state index contributed by atoms with van der Waals surface area (Å²) >= 11 is 0. The fraction of sp³-hybridized carbons (Fsp3) is 0.667. The maximum Gasteiger partial charge on any atom is 0.0677 e. The fourth-order valence-corrected chi connectivity index (χ4v) is 0.706. The highest BCUT2D eigenvalue weighted by atomic mass is 16.5. The van der Waals surface area contributed by atoms with Gasteiger partial charge in [0.05, 0.1) is 13.2 Å². The molecule has 40 valence electrons. The molecule has 0 radical (unpaired) electrons. The Morgan fingerprint density at radius 2 is 2.57 bits per heavy atom. The summed E-state index contributed by atoms with van der Waals surface area (Å²) in [6.07, 6.45) is 3.28. The van der Waals surface area contributed by atoms with Crippen molar-refractivity contribution in [1.82, 2.24) is 0 Å². The van der Waals surface area contributed by atoms with Crippen LogP contribution in [0.15, 0.2) is 11.6 Å². The van der Waals surface area contributed by atoms with E-state index >= 15 is 0 Å². The molecule has 0 saturated carbocycles. The van der Waals surface area contributed by atoms with Gasteiger partial charge in [-0.15, -0.1) is 0 Å². The van der Waals surface area contributed by atoms with Gasteiger partial charge in [-0.3, -0.25) is 0 Å². The Hall–Kier alpha value is -0.300. The fourth-order valence-electron chi connectivity index (χ4n) is 0.706. The van der Waals surface area contributed by atoms with Crippen LogP contribution in [-0.4, -0.2) is 13.2 Å². The van der Waals surface area contributed by atoms with E-state index in [1.807, 2.05) is 0 Å². The second kappa shape index (κ2) is 2.12. The molecule has 1 heteroatoms. The van der Waals surface area contributed by atoms with E-state index in [1.165, 1.54) is 5.57 Å². The maximum atomic E-state index is 5.08. The van der Waals surface area contributed by atoms with E-state index in [0.29, 0.717) is 0 Å². The van der Waals surface area contributed by atoms with Gasteiger partial charge in [-0.2, -0.15) is 0 Å². The monoisotopic (exact) mass is 98.1 g/mol. The molecule has 0 aliphatic carbocycles. The van der Waals surface area contributed by atoms with E-state index in [-0.39, 0.29) is 0 Å². The molecule has 0 unspecified atom stereocenters. The summed E-state index contributed by atoms with van der Waals surface area (Å²) in [5.41, 5.74) is 1.44. The molecule has 1 heterocycles. The normalized spacial score (nSPS) is 26.7. The van der Waals surface area contributed by atoms with E-state index < -0.39 is 0 Å². The summed E-state index contributed by atoms with van der Waals surface area (Å²) in [4.78, 5) is 0. The minimum Gasteiger partial charge on any atom is -0.377 e. The zero-order valence-corrected chi connectivity index (χ0v) is 4.61. The summed E-state index contributed by atoms with van der Waals surface area (Å²) in [6, 6.07) is 0. The second-order valence-corrected chi connectivity index (χ2v) is 1.75. The number of ether oxygens (including phenoxy) is 1. The first-order valence-corrected chi connectivity index (χ1v) is 2.65. The van der Waals surface area contributed by atoms with Crippen molar-refractivity contribution in [3.05, 3.63) is 11.6 Å². The highest BCUT2D eigenvalue weighted by molar-refractivity contribution is 5.03. The van der Waals surface area contributed by atoms with Crippen LogP contribution < -0.4 is 0 Å². The molecule has 1 rings (SSSR count). The van der Waals surface area contributed by atoms with Gasteiger partial charge in [0.25, 0.3) is 0 Å². The van der Waals surface area contributed by atoms with Crippen LogP contribution in [0.4, 0.5) is 0 Å². The third kappa shape index (κ3) is 1.03. The van der Waals surface area contributed by atoms with E-state index in [1.54, 1.807) is 0 Å². The molecule has 0 N–H and O–H groups in total. The largest absolute Gasteiger partial charge is 0.377 e. The van der Waals surface area contributed by atoms with E-state index in [9.17, 15) is 0 Å². The second-order valence-electron chi connectivity index (χ2n) is 1.75. The van der Waals surface area contributed by atoms with Gasteiger partial charge in [0.2, 0.25) is 0 Å². The highest BCUT2D eigenvalue weighted by Gasteiger charge is 2.02. The van der Waals surface area contributed by atoms with Crippen molar-refractivity contribution in [3.63, 3.8) is 0 Å². The van der Waals surface area contributed by atoms with Crippen molar-refractivity contribution in [2.24, 2.45) is 0 Å². The lowest BCUT2D eigenvalue weighted by atomic mass is 10.2. The van der Waals surface area contributed by atoms with Gasteiger partial charge in [0.15, 0.2) is 0 Å². The molecular formula is C6H10O. The van der Waals surface area contributed by atoms with Gasteiger partial charge in [-0.25, -0.2) is 0 Å². The molecule has 1 aliphatic rings. The van der Waals surface area contributed by atoms with Crippen LogP contribution in [0, 0.1) is 0 Å². The van der Waals surface area contributed by atoms with E-state index in [2.05, 4.69) is 13.0 Å². The van der Waals surface area contributed by atoms with Crippen molar-refractivity contribution in [3.8, 4) is 0 Å². The zero-order valence-electron chi connectivity index (χ0n) is 4.61. The Kier molecular flexibility index (Phi) is 1.47. The van der Waals surface area contributed by atoms with Gasteiger partial charge in [-0.05, 0) is 18.9 Å². The first-order valence-electron chi connectivity index (χ1n) is 2.65. The van der Waals surface area contributed by atoms with Crippen molar-refractivity contribution in [1.29, 1.82) is 0 Å². The average molecular weight is 98.1 g/mol. The van der Waals surface area contributed by atoms with Gasteiger partial charge in [-0.1, -0.05) is 6.08 Å². The van der Waals surface area contributed by atoms with Crippen molar-refractivity contribution in [2.75, 3.05) is 13.2 Å². The Bertz CT molecular complexity index is 76.2. The maximum absolute atomic E-state index is 5.08. The smallest absolute Gasteiger partial charge is 0.0677 e. The number of allylic oxidation sites excluding steroid dienone is 1. The molecule has 0 aromatic heterocycles. The molecule has 1 saturated heterocycles. The molecule has 0 amide bonds. The Labute approximate surface area is 44.0 Å². The van der Waals surface area contributed by atoms with Crippen LogP contribution in [-0.2, 0) is 4.74 Å². The van der Waals surface area contributed by atoms with Crippen LogP contribution in [0.25, 0.3) is 0 Å². The van der Waals surface area contributed by atoms with Crippen LogP contribution in [0.5, 0.6) is 0 Å². The molecule has 0 atom stereocenters. The summed E-state index contributed by atoms with van der Waals surface area (Å²) in [5.74, 6) is 0. The van der Waals surface area contributed by atoms with Crippen molar-refractivity contribution < 1.29 is 4.74 Å². The molecule has 0 aromatic carbocycles. The zero-order chi connectivity index (χ0) is 5.11. The van der Waals surface area contributed by atoms with Gasteiger partial charge in [0.1, 0.15) is 0 Å². The SMILES string of the molecule is CC=C1CCOC1. The standard InChI is InChI=1S/C6H10O/c1-2-6-3-4-7-5-6/h2H,3-5H2,1H3. The first-order chi connectivity index (χ1) is 3.43. The van der Waals surface area contributed by atoms with Gasteiger partial charge in [0, 0.05) is 0 Å². The van der Waals surface area contributed by atoms with Crippen molar-refractivity contribution in [2.45, 2.75) is 13.3 Å². The van der Waals surface area contributed by atoms with E-state index in [0.717, 1.165) is 19.6 Å². The molecule has 1 aliphatic heterocycles. The number of hydrogen-bond donors (Lipinski definition) is 0. The molecular weight excluding hydrogens is 88.1 g/mol. The van der Waals surface area contributed by atoms with E-state index in [4.69, 9.17) is 4.74 Å². The molecule has 0 spiro atoms. The van der Waals surface area contributed by atoms with Gasteiger partial charge >= 0.3 is 0 Å². The Balaban J connectivity index is 2.41. The molecule has 1 fully saturated rings. The quantitative estimate of drug-likeness (QED) is 0.415. The Morgan fingerprint density at radius 1 is 1.71 bits per heavy atom. The lowest BCUT2D eigenvalue weighted by molar-refractivity contribution is 0.204. The average Bonchev–Trinajstić information content (AvgIpc) is 2.14. The van der Waals surface area contributed by atoms with Gasteiger partial charge < -0.3 is 4.74 Å². The summed E-state index contributed by atoms with van der Waals surface area (Å²) in [5, 5.41) is 0. The summed E-state index contributed by atoms with van der Waals surface area (Å²) in [6.45, 7) is 3.86. The number of rotatable bonds is 0. The lowest BCUT2D eigenvalue weighted by Crippen LogP contribution is -1.78. The Morgan fingerprint density at radius 3 is 2.86 bits per heavy atom. The molecule has 0 bridgehead atoms. The summed E-state index contributed by atoms with van der Waals surface area (Å²) < 4.78 is 5.08. The molecule has 1 nitrogen and oxygen atoms in total. The van der Waals surface area contributed by atoms with Crippen molar-refractivity contribution >= 4 is 0 Å². The van der Waals surface area contributed by atoms with Crippen LogP contribution >= 0.6 is 0 Å². The molecule has 7 heavy (non-hydrogen) atoms. The predicted molar refractivity (Wildman–Crippen MR) is 29.2 cm³/mol. The minimum atomic E-state index is 0.872. The summed E-state index contributed by atoms with van der Waals surface area (Å²) in [7, 11) is 0. The number of hydrogen-bond acceptors (Lipinski definition) is 1. The van der Waals surface area contributed by atoms with Crippen LogP contribution in [0.2, 0.25) is 0 Å².